The molecule has 0 atom stereocenters. The summed E-state index contributed by atoms with van der Waals surface area (Å²) in [7, 11) is 0. The van der Waals surface area contributed by atoms with Crippen molar-refractivity contribution in [3.63, 3.8) is 0 Å². The van der Waals surface area contributed by atoms with Crippen molar-refractivity contribution >= 4 is 27.9 Å². The topological polar surface area (TPSA) is 24.7 Å². The fourth-order valence-electron chi connectivity index (χ4n) is 2.21. The average Bonchev–Trinajstić information content (AvgIpc) is 2.60. The molecule has 3 aromatic rings. The van der Waals surface area contributed by atoms with E-state index in [1.807, 2.05) is 84.9 Å². The number of halogens is 1. The second kappa shape index (κ2) is 7.65. The van der Waals surface area contributed by atoms with Crippen molar-refractivity contribution in [2.24, 2.45) is 10.2 Å². The molecule has 0 spiro atoms. The third-order valence-electron chi connectivity index (χ3n) is 3.31. The van der Waals surface area contributed by atoms with Crippen molar-refractivity contribution in [3.05, 3.63) is 106 Å². The number of hydrogen-bond acceptors (Lipinski definition) is 2. The maximum atomic E-state index is 4.46. The molecule has 0 aliphatic heterocycles. The second-order valence-electron chi connectivity index (χ2n) is 4.98. The minimum atomic E-state index is 0.859. The van der Waals surface area contributed by atoms with Crippen LogP contribution >= 0.6 is 15.9 Å². The van der Waals surface area contributed by atoms with Crippen LogP contribution in [0.4, 0.5) is 0 Å². The van der Waals surface area contributed by atoms with E-state index in [4.69, 9.17) is 0 Å². The quantitative estimate of drug-likeness (QED) is 0.443. The molecular formula is C20H15BrN2. The highest BCUT2D eigenvalue weighted by atomic mass is 79.9. The molecule has 0 saturated carbocycles. The lowest BCUT2D eigenvalue weighted by Crippen LogP contribution is -2.02. The van der Waals surface area contributed by atoms with Crippen LogP contribution < -0.4 is 0 Å². The Balaban J connectivity index is 1.95. The first-order valence-electron chi connectivity index (χ1n) is 7.30. The number of nitrogens with zero attached hydrogens (tertiary/aromatic N) is 2. The molecule has 3 rings (SSSR count). The van der Waals surface area contributed by atoms with Crippen LogP contribution in [0.1, 0.15) is 16.7 Å². The number of hydrogen-bond donors (Lipinski definition) is 0. The Morgan fingerprint density at radius 1 is 0.739 bits per heavy atom. The molecule has 3 heteroatoms. The first kappa shape index (κ1) is 15.4. The van der Waals surface area contributed by atoms with E-state index < -0.39 is 0 Å². The Morgan fingerprint density at radius 3 is 1.91 bits per heavy atom. The van der Waals surface area contributed by atoms with Crippen molar-refractivity contribution in [3.8, 4) is 0 Å². The van der Waals surface area contributed by atoms with Crippen LogP contribution in [0, 0.1) is 0 Å². The Morgan fingerprint density at radius 2 is 1.35 bits per heavy atom. The summed E-state index contributed by atoms with van der Waals surface area (Å²) in [4.78, 5) is 0. The normalized spacial score (nSPS) is 10.7. The van der Waals surface area contributed by atoms with Crippen LogP contribution in [0.3, 0.4) is 0 Å². The molecule has 0 N–H and O–H groups in total. The molecule has 0 aliphatic rings. The molecule has 23 heavy (non-hydrogen) atoms. The van der Waals surface area contributed by atoms with Gasteiger partial charge in [-0.25, -0.2) is 0 Å². The van der Waals surface area contributed by atoms with Gasteiger partial charge in [0.15, 0.2) is 0 Å². The summed E-state index contributed by atoms with van der Waals surface area (Å²) in [5.41, 5.74) is 3.95. The molecule has 112 valence electrons. The standard InChI is InChI=1S/C20H15BrN2/c21-19-13-7-8-16(14-19)15-22-23-20(17-9-3-1-4-10-17)18-11-5-2-6-12-18/h1-15H. The summed E-state index contributed by atoms with van der Waals surface area (Å²) >= 11 is 3.46. The van der Waals surface area contributed by atoms with Crippen LogP contribution in [-0.2, 0) is 0 Å². The van der Waals surface area contributed by atoms with Crippen molar-refractivity contribution < 1.29 is 0 Å². The summed E-state index contributed by atoms with van der Waals surface area (Å²) in [6.07, 6.45) is 1.76. The lowest BCUT2D eigenvalue weighted by atomic mass is 10.0. The van der Waals surface area contributed by atoms with Gasteiger partial charge in [0.25, 0.3) is 0 Å². The van der Waals surface area contributed by atoms with Crippen molar-refractivity contribution in [2.45, 2.75) is 0 Å². The highest BCUT2D eigenvalue weighted by Crippen LogP contribution is 2.12. The molecule has 0 saturated heterocycles. The van der Waals surface area contributed by atoms with Gasteiger partial charge in [-0.05, 0) is 17.7 Å². The molecule has 0 aromatic heterocycles. The van der Waals surface area contributed by atoms with Gasteiger partial charge in [-0.2, -0.15) is 5.10 Å². The lowest BCUT2D eigenvalue weighted by molar-refractivity contribution is 1.24. The van der Waals surface area contributed by atoms with Gasteiger partial charge in [0.05, 0.1) is 6.21 Å². The second-order valence-corrected chi connectivity index (χ2v) is 5.90. The molecular weight excluding hydrogens is 348 g/mol. The van der Waals surface area contributed by atoms with E-state index in [2.05, 4.69) is 26.1 Å². The Bertz CT molecular complexity index is 783. The molecule has 0 radical (unpaired) electrons. The molecule has 3 aromatic carbocycles. The van der Waals surface area contributed by atoms with Gasteiger partial charge in [0.2, 0.25) is 0 Å². The fraction of sp³-hybridized carbons (Fsp3) is 0. The smallest absolute Gasteiger partial charge is 0.100 e. The highest BCUT2D eigenvalue weighted by Gasteiger charge is 2.05. The van der Waals surface area contributed by atoms with E-state index in [1.54, 1.807) is 6.21 Å². The van der Waals surface area contributed by atoms with Gasteiger partial charge in [0, 0.05) is 15.6 Å². The van der Waals surface area contributed by atoms with Crippen molar-refractivity contribution in [1.29, 1.82) is 0 Å². The fourth-order valence-corrected chi connectivity index (χ4v) is 2.63. The van der Waals surface area contributed by atoms with Gasteiger partial charge >= 0.3 is 0 Å². The maximum Gasteiger partial charge on any atom is 0.100 e. The van der Waals surface area contributed by atoms with E-state index in [-0.39, 0.29) is 0 Å². The largest absolute Gasteiger partial charge is 0.158 e. The number of benzene rings is 3. The van der Waals surface area contributed by atoms with E-state index >= 15 is 0 Å². The van der Waals surface area contributed by atoms with Gasteiger partial charge in [-0.1, -0.05) is 88.7 Å². The predicted molar refractivity (Wildman–Crippen MR) is 100 cm³/mol. The van der Waals surface area contributed by atoms with E-state index in [9.17, 15) is 0 Å². The number of rotatable bonds is 4. The van der Waals surface area contributed by atoms with Crippen LogP contribution in [0.5, 0.6) is 0 Å². The summed E-state index contributed by atoms with van der Waals surface area (Å²) in [5, 5.41) is 8.74. The molecule has 0 amide bonds. The lowest BCUT2D eigenvalue weighted by Gasteiger charge is -2.05. The van der Waals surface area contributed by atoms with Crippen LogP contribution in [0.25, 0.3) is 0 Å². The van der Waals surface area contributed by atoms with Crippen LogP contribution in [0.2, 0.25) is 0 Å². The minimum absolute atomic E-state index is 0.859. The SMILES string of the molecule is Brc1cccc(C=NN=C(c2ccccc2)c2ccccc2)c1. The van der Waals surface area contributed by atoms with Crippen LogP contribution in [-0.4, -0.2) is 11.9 Å². The van der Waals surface area contributed by atoms with Gasteiger partial charge < -0.3 is 0 Å². The van der Waals surface area contributed by atoms with E-state index in [0.717, 1.165) is 26.9 Å². The first-order chi connectivity index (χ1) is 11.3. The molecule has 0 heterocycles. The van der Waals surface area contributed by atoms with Gasteiger partial charge in [-0.3, -0.25) is 0 Å². The summed E-state index contributed by atoms with van der Waals surface area (Å²) < 4.78 is 1.02. The molecule has 0 fully saturated rings. The predicted octanol–water partition coefficient (Wildman–Crippen LogP) is 5.32. The summed E-state index contributed by atoms with van der Waals surface area (Å²) in [5.74, 6) is 0. The summed E-state index contributed by atoms with van der Waals surface area (Å²) in [6.45, 7) is 0. The van der Waals surface area contributed by atoms with Crippen molar-refractivity contribution in [1.82, 2.24) is 0 Å². The zero-order chi connectivity index (χ0) is 15.9. The third-order valence-corrected chi connectivity index (χ3v) is 3.80. The zero-order valence-corrected chi connectivity index (χ0v) is 14.0. The van der Waals surface area contributed by atoms with E-state index in [1.165, 1.54) is 0 Å². The zero-order valence-electron chi connectivity index (χ0n) is 12.4. The Hall–Kier alpha value is -2.52. The first-order valence-corrected chi connectivity index (χ1v) is 8.10. The average molecular weight is 363 g/mol. The molecule has 0 unspecified atom stereocenters. The highest BCUT2D eigenvalue weighted by molar-refractivity contribution is 9.10. The van der Waals surface area contributed by atoms with Gasteiger partial charge in [-0.15, -0.1) is 5.10 Å². The minimum Gasteiger partial charge on any atom is -0.158 e. The Kier molecular flexibility index (Phi) is 5.12. The molecule has 0 bridgehead atoms. The van der Waals surface area contributed by atoms with E-state index in [0.29, 0.717) is 0 Å². The monoisotopic (exact) mass is 362 g/mol. The van der Waals surface area contributed by atoms with Crippen LogP contribution in [0.15, 0.2) is 99.6 Å². The maximum absolute atomic E-state index is 4.46. The van der Waals surface area contributed by atoms with Crippen molar-refractivity contribution in [2.75, 3.05) is 0 Å². The molecule has 0 aliphatic carbocycles. The van der Waals surface area contributed by atoms with Gasteiger partial charge in [0.1, 0.15) is 5.71 Å². The third kappa shape index (κ3) is 4.24. The summed E-state index contributed by atoms with van der Waals surface area (Å²) in [6, 6.07) is 28.1. The molecule has 2 nitrogen and oxygen atoms in total. The Labute approximate surface area is 144 Å².